The molecule has 1 rings (SSSR count). The van der Waals surface area contributed by atoms with Gasteiger partial charge in [-0.05, 0) is 51.8 Å². The van der Waals surface area contributed by atoms with Crippen LogP contribution in [0.15, 0.2) is 41.1 Å². The number of nitrogens with one attached hydrogen (secondary N) is 1. The minimum atomic E-state index is 0.944. The van der Waals surface area contributed by atoms with Gasteiger partial charge in [-0.2, -0.15) is 0 Å². The first-order valence-electron chi connectivity index (χ1n) is 6.09. The van der Waals surface area contributed by atoms with Crippen molar-refractivity contribution < 1.29 is 0 Å². The van der Waals surface area contributed by atoms with Crippen molar-refractivity contribution in [1.82, 2.24) is 4.98 Å². The number of nitrogens with zero attached hydrogens (tertiary/aromatic N) is 1. The standard InChI is InChI=1S/C16H22N2/c1-8-17-14(7)16(10(2)3)12(5)15-9-11(4)13(6)18-15/h8-9,18H,2,5H2,1,3-4,6-7H3/b16-14+,17-8?. The minimum absolute atomic E-state index is 0.944. The molecule has 0 atom stereocenters. The fourth-order valence-corrected chi connectivity index (χ4v) is 2.00. The number of allylic oxidation sites excluding steroid dienone is 4. The van der Waals surface area contributed by atoms with Gasteiger partial charge in [0.2, 0.25) is 0 Å². The van der Waals surface area contributed by atoms with E-state index in [2.05, 4.69) is 43.0 Å². The number of H-pyrrole nitrogens is 1. The zero-order valence-electron chi connectivity index (χ0n) is 12.0. The summed E-state index contributed by atoms with van der Waals surface area (Å²) in [7, 11) is 0. The third-order valence-electron chi connectivity index (χ3n) is 3.01. The average molecular weight is 242 g/mol. The maximum Gasteiger partial charge on any atom is 0.0459 e. The first-order chi connectivity index (χ1) is 8.38. The molecule has 0 aromatic carbocycles. The summed E-state index contributed by atoms with van der Waals surface area (Å²) in [6, 6.07) is 2.11. The molecule has 18 heavy (non-hydrogen) atoms. The molecule has 96 valence electrons. The van der Waals surface area contributed by atoms with Gasteiger partial charge in [-0.3, -0.25) is 4.99 Å². The van der Waals surface area contributed by atoms with Crippen LogP contribution in [0, 0.1) is 13.8 Å². The van der Waals surface area contributed by atoms with Crippen LogP contribution in [0.4, 0.5) is 0 Å². The lowest BCUT2D eigenvalue weighted by molar-refractivity contribution is 1.19. The van der Waals surface area contributed by atoms with Crippen LogP contribution >= 0.6 is 0 Å². The van der Waals surface area contributed by atoms with Gasteiger partial charge in [-0.1, -0.05) is 13.2 Å². The first kappa shape index (κ1) is 14.2. The summed E-state index contributed by atoms with van der Waals surface area (Å²) in [5, 5.41) is 0. The highest BCUT2D eigenvalue weighted by Gasteiger charge is 2.12. The van der Waals surface area contributed by atoms with E-state index in [1.54, 1.807) is 6.21 Å². The fraction of sp³-hybridized carbons (Fsp3) is 0.312. The second kappa shape index (κ2) is 5.67. The van der Waals surface area contributed by atoms with Crippen molar-refractivity contribution in [2.45, 2.75) is 34.6 Å². The molecule has 0 saturated carbocycles. The van der Waals surface area contributed by atoms with Crippen LogP contribution in [0.5, 0.6) is 0 Å². The number of aliphatic imine (C=N–C) groups is 1. The van der Waals surface area contributed by atoms with E-state index < -0.39 is 0 Å². The molecule has 1 aromatic heterocycles. The van der Waals surface area contributed by atoms with E-state index in [1.165, 1.54) is 11.3 Å². The van der Waals surface area contributed by atoms with Crippen LogP contribution in [0.25, 0.3) is 5.57 Å². The van der Waals surface area contributed by atoms with Crippen molar-refractivity contribution in [2.75, 3.05) is 0 Å². The Bertz CT molecular complexity index is 520. The highest BCUT2D eigenvalue weighted by molar-refractivity contribution is 5.81. The van der Waals surface area contributed by atoms with Crippen molar-refractivity contribution in [2.24, 2.45) is 4.99 Å². The summed E-state index contributed by atoms with van der Waals surface area (Å²) >= 11 is 0. The van der Waals surface area contributed by atoms with Crippen molar-refractivity contribution in [3.05, 3.63) is 53.0 Å². The first-order valence-corrected chi connectivity index (χ1v) is 6.09. The summed E-state index contributed by atoms with van der Waals surface area (Å²) in [4.78, 5) is 7.69. The number of hydrogen-bond acceptors (Lipinski definition) is 1. The molecule has 0 aliphatic rings. The monoisotopic (exact) mass is 242 g/mol. The highest BCUT2D eigenvalue weighted by Crippen LogP contribution is 2.29. The molecule has 0 saturated heterocycles. The molecule has 0 spiro atoms. The molecule has 1 N–H and O–H groups in total. The van der Waals surface area contributed by atoms with Crippen LogP contribution in [0.2, 0.25) is 0 Å². The van der Waals surface area contributed by atoms with Crippen LogP contribution in [0.3, 0.4) is 0 Å². The van der Waals surface area contributed by atoms with Crippen LogP contribution in [-0.2, 0) is 0 Å². The van der Waals surface area contributed by atoms with Crippen molar-refractivity contribution in [1.29, 1.82) is 0 Å². The second-order valence-electron chi connectivity index (χ2n) is 4.60. The minimum Gasteiger partial charge on any atom is -0.358 e. The quantitative estimate of drug-likeness (QED) is 0.591. The zero-order chi connectivity index (χ0) is 13.9. The predicted octanol–water partition coefficient (Wildman–Crippen LogP) is 4.59. The topological polar surface area (TPSA) is 28.1 Å². The number of rotatable bonds is 4. The molecule has 0 bridgehead atoms. The Morgan fingerprint density at radius 2 is 1.89 bits per heavy atom. The molecule has 0 aliphatic heterocycles. The van der Waals surface area contributed by atoms with Gasteiger partial charge in [0.1, 0.15) is 0 Å². The molecule has 1 aromatic rings. The van der Waals surface area contributed by atoms with Crippen LogP contribution in [-0.4, -0.2) is 11.2 Å². The van der Waals surface area contributed by atoms with Crippen molar-refractivity contribution >= 4 is 11.8 Å². The molecule has 1 heterocycles. The maximum atomic E-state index is 4.34. The smallest absolute Gasteiger partial charge is 0.0459 e. The lowest BCUT2D eigenvalue weighted by atomic mass is 9.97. The number of hydrogen-bond donors (Lipinski definition) is 1. The Hall–Kier alpha value is -1.83. The summed E-state index contributed by atoms with van der Waals surface area (Å²) in [5.74, 6) is 0. The predicted molar refractivity (Wildman–Crippen MR) is 81.0 cm³/mol. The van der Waals surface area contributed by atoms with Gasteiger partial charge < -0.3 is 4.98 Å². The molecular weight excluding hydrogens is 220 g/mol. The van der Waals surface area contributed by atoms with E-state index >= 15 is 0 Å². The molecule has 0 radical (unpaired) electrons. The Morgan fingerprint density at radius 3 is 2.28 bits per heavy atom. The Balaban J connectivity index is 3.28. The van der Waals surface area contributed by atoms with Gasteiger partial charge >= 0.3 is 0 Å². The number of aryl methyl sites for hydroxylation is 2. The summed E-state index contributed by atoms with van der Waals surface area (Å²) in [6.45, 7) is 18.2. The summed E-state index contributed by atoms with van der Waals surface area (Å²) in [5.41, 5.74) is 7.34. The summed E-state index contributed by atoms with van der Waals surface area (Å²) in [6.07, 6.45) is 1.79. The molecule has 2 heteroatoms. The normalized spacial score (nSPS) is 12.7. The number of aromatic amines is 1. The van der Waals surface area contributed by atoms with Crippen LogP contribution < -0.4 is 0 Å². The molecule has 2 nitrogen and oxygen atoms in total. The highest BCUT2D eigenvalue weighted by atomic mass is 14.7. The van der Waals surface area contributed by atoms with Crippen molar-refractivity contribution in [3.63, 3.8) is 0 Å². The van der Waals surface area contributed by atoms with Gasteiger partial charge in [-0.25, -0.2) is 0 Å². The maximum absolute atomic E-state index is 4.34. The van der Waals surface area contributed by atoms with Gasteiger partial charge in [0.25, 0.3) is 0 Å². The number of aromatic nitrogens is 1. The largest absolute Gasteiger partial charge is 0.358 e. The van der Waals surface area contributed by atoms with Gasteiger partial charge in [0.05, 0.1) is 0 Å². The lowest BCUT2D eigenvalue weighted by Gasteiger charge is -2.11. The zero-order valence-corrected chi connectivity index (χ0v) is 12.0. The van der Waals surface area contributed by atoms with Gasteiger partial charge in [-0.15, -0.1) is 0 Å². The van der Waals surface area contributed by atoms with Crippen LogP contribution in [0.1, 0.15) is 37.7 Å². The molecule has 0 amide bonds. The molecule has 0 aliphatic carbocycles. The van der Waals surface area contributed by atoms with E-state index in [-0.39, 0.29) is 0 Å². The van der Waals surface area contributed by atoms with E-state index in [1.807, 2.05) is 20.8 Å². The third-order valence-corrected chi connectivity index (χ3v) is 3.01. The SMILES string of the molecule is C=C(C)/C(C(=C)c1cc(C)c(C)[nH]1)=C(/C)N=CC. The average Bonchev–Trinajstić information content (AvgIpc) is 2.59. The van der Waals surface area contributed by atoms with E-state index in [0.717, 1.165) is 28.1 Å². The molecule has 0 unspecified atom stereocenters. The van der Waals surface area contributed by atoms with E-state index in [4.69, 9.17) is 0 Å². The van der Waals surface area contributed by atoms with E-state index in [0.29, 0.717) is 0 Å². The molecule has 0 fully saturated rings. The fourth-order valence-electron chi connectivity index (χ4n) is 2.00. The summed E-state index contributed by atoms with van der Waals surface area (Å²) < 4.78 is 0. The molecular formula is C16H22N2. The van der Waals surface area contributed by atoms with Gasteiger partial charge in [0, 0.05) is 34.4 Å². The van der Waals surface area contributed by atoms with Gasteiger partial charge in [0.15, 0.2) is 0 Å². The Labute approximate surface area is 110 Å². The second-order valence-corrected chi connectivity index (χ2v) is 4.60. The Kier molecular flexibility index (Phi) is 4.49. The Morgan fingerprint density at radius 1 is 1.28 bits per heavy atom. The van der Waals surface area contributed by atoms with E-state index in [9.17, 15) is 0 Å². The van der Waals surface area contributed by atoms with Crippen molar-refractivity contribution in [3.8, 4) is 0 Å². The lowest BCUT2D eigenvalue weighted by Crippen LogP contribution is -1.94. The third kappa shape index (κ3) is 2.89.